The van der Waals surface area contributed by atoms with E-state index in [4.69, 9.17) is 0 Å². The predicted molar refractivity (Wildman–Crippen MR) is 78.8 cm³/mol. The lowest BCUT2D eigenvalue weighted by Gasteiger charge is -2.10. The van der Waals surface area contributed by atoms with Gasteiger partial charge < -0.3 is 0 Å². The van der Waals surface area contributed by atoms with Crippen LogP contribution in [0.3, 0.4) is 0 Å². The van der Waals surface area contributed by atoms with Crippen LogP contribution >= 0.6 is 0 Å². The first kappa shape index (κ1) is 11.9. The van der Waals surface area contributed by atoms with Crippen molar-refractivity contribution in [2.75, 3.05) is 0 Å². The molecule has 0 heterocycles. The summed E-state index contributed by atoms with van der Waals surface area (Å²) >= 11 is 0. The van der Waals surface area contributed by atoms with E-state index in [-0.39, 0.29) is 5.82 Å². The summed E-state index contributed by atoms with van der Waals surface area (Å²) in [5, 5.41) is 2.01. The lowest BCUT2D eigenvalue weighted by atomic mass is 9.96. The maximum atomic E-state index is 14.3. The lowest BCUT2D eigenvalue weighted by Crippen LogP contribution is -1.89. The molecule has 0 bridgehead atoms. The minimum atomic E-state index is -0.161. The maximum absolute atomic E-state index is 14.3. The Balaban J connectivity index is 2.27. The maximum Gasteiger partial charge on any atom is 0.131 e. The van der Waals surface area contributed by atoms with Gasteiger partial charge in [-0.25, -0.2) is 4.39 Å². The van der Waals surface area contributed by atoms with Crippen molar-refractivity contribution >= 4 is 10.8 Å². The zero-order valence-electron chi connectivity index (χ0n) is 11.1. The summed E-state index contributed by atoms with van der Waals surface area (Å²) in [6.07, 6.45) is 0. The minimum Gasteiger partial charge on any atom is -0.206 e. The molecule has 0 atom stereocenters. The highest BCUT2D eigenvalue weighted by atomic mass is 19.1. The predicted octanol–water partition coefficient (Wildman–Crippen LogP) is 5.26. The summed E-state index contributed by atoms with van der Waals surface area (Å²) in [5.74, 6) is -0.161. The first-order chi connectivity index (χ1) is 9.15. The molecule has 0 spiro atoms. The van der Waals surface area contributed by atoms with Gasteiger partial charge in [-0.15, -0.1) is 0 Å². The van der Waals surface area contributed by atoms with Crippen molar-refractivity contribution in [2.45, 2.75) is 13.8 Å². The van der Waals surface area contributed by atoms with Crippen molar-refractivity contribution in [3.8, 4) is 11.1 Å². The van der Waals surface area contributed by atoms with Crippen molar-refractivity contribution in [3.05, 3.63) is 71.5 Å². The number of hydrogen-bond donors (Lipinski definition) is 0. The van der Waals surface area contributed by atoms with Crippen LogP contribution in [0.15, 0.2) is 54.6 Å². The topological polar surface area (TPSA) is 0 Å². The Morgan fingerprint density at radius 2 is 1.42 bits per heavy atom. The molecule has 0 aliphatic carbocycles. The molecular weight excluding hydrogens is 235 g/mol. The average Bonchev–Trinajstić information content (AvgIpc) is 2.38. The number of hydrogen-bond acceptors (Lipinski definition) is 0. The Kier molecular flexibility index (Phi) is 2.83. The fourth-order valence-corrected chi connectivity index (χ4v) is 2.53. The molecule has 94 valence electrons. The highest BCUT2D eigenvalue weighted by Gasteiger charge is 2.09. The molecule has 0 saturated carbocycles. The molecule has 0 aliphatic rings. The fourth-order valence-electron chi connectivity index (χ4n) is 2.53. The monoisotopic (exact) mass is 250 g/mol. The smallest absolute Gasteiger partial charge is 0.131 e. The number of rotatable bonds is 1. The van der Waals surface area contributed by atoms with Crippen LogP contribution in [0.4, 0.5) is 4.39 Å². The van der Waals surface area contributed by atoms with Gasteiger partial charge in [0.05, 0.1) is 0 Å². The van der Waals surface area contributed by atoms with Crippen LogP contribution in [0.1, 0.15) is 11.1 Å². The number of benzene rings is 3. The molecule has 3 aromatic carbocycles. The van der Waals surface area contributed by atoms with Gasteiger partial charge in [-0.3, -0.25) is 0 Å². The van der Waals surface area contributed by atoms with Crippen molar-refractivity contribution in [3.63, 3.8) is 0 Å². The van der Waals surface area contributed by atoms with Crippen molar-refractivity contribution in [2.24, 2.45) is 0 Å². The molecule has 0 fully saturated rings. The molecule has 3 rings (SSSR count). The zero-order chi connectivity index (χ0) is 13.4. The van der Waals surface area contributed by atoms with Gasteiger partial charge in [-0.2, -0.15) is 0 Å². The van der Waals surface area contributed by atoms with Gasteiger partial charge in [-0.05, 0) is 47.9 Å². The molecule has 0 aliphatic heterocycles. The largest absolute Gasteiger partial charge is 0.206 e. The van der Waals surface area contributed by atoms with Gasteiger partial charge >= 0.3 is 0 Å². The van der Waals surface area contributed by atoms with Crippen molar-refractivity contribution in [1.29, 1.82) is 0 Å². The number of fused-ring (bicyclic) bond motifs is 1. The van der Waals surface area contributed by atoms with Crippen LogP contribution in [-0.4, -0.2) is 0 Å². The summed E-state index contributed by atoms with van der Waals surface area (Å²) in [6, 6.07) is 17.5. The Morgan fingerprint density at radius 3 is 2.11 bits per heavy atom. The van der Waals surface area contributed by atoms with E-state index in [1.54, 1.807) is 6.07 Å². The molecule has 0 saturated heterocycles. The molecule has 0 radical (unpaired) electrons. The van der Waals surface area contributed by atoms with Gasteiger partial charge in [-0.1, -0.05) is 48.0 Å². The summed E-state index contributed by atoms with van der Waals surface area (Å²) in [4.78, 5) is 0. The van der Waals surface area contributed by atoms with E-state index in [0.717, 1.165) is 21.9 Å². The summed E-state index contributed by atoms with van der Waals surface area (Å²) in [5.41, 5.74) is 3.95. The third-order valence-electron chi connectivity index (χ3n) is 3.51. The van der Waals surface area contributed by atoms with E-state index in [0.29, 0.717) is 5.56 Å². The Labute approximate surface area is 112 Å². The molecule has 0 amide bonds. The van der Waals surface area contributed by atoms with Gasteiger partial charge in [0.15, 0.2) is 0 Å². The summed E-state index contributed by atoms with van der Waals surface area (Å²) < 4.78 is 14.3. The van der Waals surface area contributed by atoms with Gasteiger partial charge in [0.25, 0.3) is 0 Å². The SMILES string of the molecule is Cc1ccc(-c2cc3ccccc3cc2F)c(C)c1. The quantitative estimate of drug-likeness (QED) is 0.552. The molecule has 0 unspecified atom stereocenters. The lowest BCUT2D eigenvalue weighted by molar-refractivity contribution is 0.633. The average molecular weight is 250 g/mol. The highest BCUT2D eigenvalue weighted by molar-refractivity contribution is 5.88. The highest BCUT2D eigenvalue weighted by Crippen LogP contribution is 2.30. The van der Waals surface area contributed by atoms with Gasteiger partial charge in [0.1, 0.15) is 5.82 Å². The van der Waals surface area contributed by atoms with E-state index in [2.05, 4.69) is 6.07 Å². The number of aryl methyl sites for hydroxylation is 2. The second kappa shape index (κ2) is 4.51. The van der Waals surface area contributed by atoms with E-state index in [1.807, 2.05) is 56.3 Å². The first-order valence-electron chi connectivity index (χ1n) is 6.41. The molecular formula is C18H15F. The van der Waals surface area contributed by atoms with E-state index in [9.17, 15) is 4.39 Å². The molecule has 3 aromatic rings. The Hall–Kier alpha value is -2.15. The van der Waals surface area contributed by atoms with Crippen molar-refractivity contribution in [1.82, 2.24) is 0 Å². The van der Waals surface area contributed by atoms with Crippen LogP contribution < -0.4 is 0 Å². The summed E-state index contributed by atoms with van der Waals surface area (Å²) in [6.45, 7) is 4.07. The van der Waals surface area contributed by atoms with Gasteiger partial charge in [0.2, 0.25) is 0 Å². The fraction of sp³-hybridized carbons (Fsp3) is 0.111. The summed E-state index contributed by atoms with van der Waals surface area (Å²) in [7, 11) is 0. The standard InChI is InChI=1S/C18H15F/c1-12-7-8-16(13(2)9-12)17-10-14-5-3-4-6-15(14)11-18(17)19/h3-11H,1-2H3. The van der Waals surface area contributed by atoms with Crippen LogP contribution in [0, 0.1) is 19.7 Å². The molecule has 1 heteroatoms. The van der Waals surface area contributed by atoms with E-state index >= 15 is 0 Å². The van der Waals surface area contributed by atoms with Crippen LogP contribution in [-0.2, 0) is 0 Å². The van der Waals surface area contributed by atoms with E-state index < -0.39 is 0 Å². The normalized spacial score (nSPS) is 10.9. The number of halogens is 1. The Morgan fingerprint density at radius 1 is 0.737 bits per heavy atom. The third-order valence-corrected chi connectivity index (χ3v) is 3.51. The van der Waals surface area contributed by atoms with Crippen molar-refractivity contribution < 1.29 is 4.39 Å². The first-order valence-corrected chi connectivity index (χ1v) is 6.41. The zero-order valence-corrected chi connectivity index (χ0v) is 11.1. The Bertz CT molecular complexity index is 757. The van der Waals surface area contributed by atoms with Crippen LogP contribution in [0.25, 0.3) is 21.9 Å². The second-order valence-corrected chi connectivity index (χ2v) is 5.00. The molecule has 0 nitrogen and oxygen atoms in total. The molecule has 0 aromatic heterocycles. The van der Waals surface area contributed by atoms with E-state index in [1.165, 1.54) is 5.56 Å². The minimum absolute atomic E-state index is 0.161. The third kappa shape index (κ3) is 2.12. The second-order valence-electron chi connectivity index (χ2n) is 5.00. The van der Waals surface area contributed by atoms with Gasteiger partial charge in [0, 0.05) is 5.56 Å². The molecule has 0 N–H and O–H groups in total. The molecule has 19 heavy (non-hydrogen) atoms. The van der Waals surface area contributed by atoms with Crippen LogP contribution in [0.2, 0.25) is 0 Å². The van der Waals surface area contributed by atoms with Crippen LogP contribution in [0.5, 0.6) is 0 Å².